The van der Waals surface area contributed by atoms with E-state index in [1.54, 1.807) is 7.11 Å². The lowest BCUT2D eigenvalue weighted by Crippen LogP contribution is -2.14. The molecule has 0 radical (unpaired) electrons. The number of methoxy groups -OCH3 is 1. The number of ether oxygens (including phenoxy) is 1. The predicted molar refractivity (Wildman–Crippen MR) is 93.4 cm³/mol. The molecule has 1 heterocycles. The third-order valence-electron chi connectivity index (χ3n) is 3.21. The van der Waals surface area contributed by atoms with Crippen molar-refractivity contribution >= 4 is 46.0 Å². The minimum Gasteiger partial charge on any atom is -0.497 e. The van der Waals surface area contributed by atoms with Gasteiger partial charge in [0.2, 0.25) is 5.91 Å². The van der Waals surface area contributed by atoms with Crippen molar-refractivity contribution < 1.29 is 13.9 Å². The van der Waals surface area contributed by atoms with Crippen LogP contribution in [0.3, 0.4) is 0 Å². The monoisotopic (exact) mass is 365 g/mol. The summed E-state index contributed by atoms with van der Waals surface area (Å²) in [4.78, 5) is 19.5. The quantitative estimate of drug-likeness (QED) is 0.668. The van der Waals surface area contributed by atoms with Crippen LogP contribution in [-0.2, 0) is 4.79 Å². The molecule has 5 nitrogen and oxygen atoms in total. The van der Waals surface area contributed by atoms with Gasteiger partial charge >= 0.3 is 0 Å². The van der Waals surface area contributed by atoms with Gasteiger partial charge in [0, 0.05) is 6.07 Å². The molecule has 0 fully saturated rings. The van der Waals surface area contributed by atoms with E-state index in [1.165, 1.54) is 23.9 Å². The molecule has 3 rings (SSSR count). The molecular formula is C16H13ClFN3O2S. The molecule has 1 aromatic heterocycles. The molecule has 2 aromatic carbocycles. The molecular weight excluding hydrogens is 353 g/mol. The standard InChI is InChI=1S/C16H13ClFN3O2S/c1-23-10-3-5-13-14(7-10)21-16(20-13)24-8-15(22)19-12-4-2-9(18)6-11(12)17/h2-7H,8H2,1H3,(H,19,22)(H,20,21). The fourth-order valence-corrected chi connectivity index (χ4v) is 2.97. The van der Waals surface area contributed by atoms with Crippen molar-refractivity contribution in [2.24, 2.45) is 0 Å². The number of fused-ring (bicyclic) bond motifs is 1. The van der Waals surface area contributed by atoms with Crippen molar-refractivity contribution in [1.29, 1.82) is 0 Å². The summed E-state index contributed by atoms with van der Waals surface area (Å²) in [6.45, 7) is 0. The Balaban J connectivity index is 1.63. The summed E-state index contributed by atoms with van der Waals surface area (Å²) in [6.07, 6.45) is 0. The Morgan fingerprint density at radius 3 is 2.96 bits per heavy atom. The molecule has 0 aliphatic heterocycles. The minimum absolute atomic E-state index is 0.144. The van der Waals surface area contributed by atoms with Gasteiger partial charge in [0.05, 0.1) is 34.6 Å². The van der Waals surface area contributed by atoms with Gasteiger partial charge in [0.15, 0.2) is 5.16 Å². The zero-order valence-corrected chi connectivity index (χ0v) is 14.2. The number of hydrogen-bond acceptors (Lipinski definition) is 4. The maximum Gasteiger partial charge on any atom is 0.234 e. The first-order valence-electron chi connectivity index (χ1n) is 6.96. The van der Waals surface area contributed by atoms with E-state index in [4.69, 9.17) is 16.3 Å². The van der Waals surface area contributed by atoms with Crippen LogP contribution in [0.1, 0.15) is 0 Å². The summed E-state index contributed by atoms with van der Waals surface area (Å²) in [5, 5.41) is 3.42. The summed E-state index contributed by atoms with van der Waals surface area (Å²) in [6, 6.07) is 9.31. The number of halogens is 2. The van der Waals surface area contributed by atoms with Crippen LogP contribution in [0, 0.1) is 5.82 Å². The Kier molecular flexibility index (Phi) is 4.92. The molecule has 0 aliphatic carbocycles. The van der Waals surface area contributed by atoms with Crippen molar-refractivity contribution in [3.05, 3.63) is 47.2 Å². The molecule has 0 bridgehead atoms. The van der Waals surface area contributed by atoms with Crippen molar-refractivity contribution in [3.8, 4) is 5.75 Å². The third-order valence-corrected chi connectivity index (χ3v) is 4.40. The highest BCUT2D eigenvalue weighted by molar-refractivity contribution is 7.99. The van der Waals surface area contributed by atoms with E-state index in [-0.39, 0.29) is 16.7 Å². The molecule has 24 heavy (non-hydrogen) atoms. The number of anilines is 1. The minimum atomic E-state index is -0.454. The summed E-state index contributed by atoms with van der Waals surface area (Å²) in [7, 11) is 1.60. The number of aromatic nitrogens is 2. The van der Waals surface area contributed by atoms with Gasteiger partial charge < -0.3 is 15.0 Å². The average Bonchev–Trinajstić information content (AvgIpc) is 2.97. The number of hydrogen-bond donors (Lipinski definition) is 2. The number of aromatic amines is 1. The lowest BCUT2D eigenvalue weighted by atomic mass is 10.3. The van der Waals surface area contributed by atoms with Crippen LogP contribution in [0.25, 0.3) is 11.0 Å². The van der Waals surface area contributed by atoms with Crippen molar-refractivity contribution in [1.82, 2.24) is 9.97 Å². The number of thioether (sulfide) groups is 1. The van der Waals surface area contributed by atoms with Gasteiger partial charge in [0.25, 0.3) is 0 Å². The first-order valence-corrected chi connectivity index (χ1v) is 8.33. The van der Waals surface area contributed by atoms with Gasteiger partial charge in [0.1, 0.15) is 11.6 Å². The highest BCUT2D eigenvalue weighted by Gasteiger charge is 2.10. The highest BCUT2D eigenvalue weighted by atomic mass is 35.5. The fraction of sp³-hybridized carbons (Fsp3) is 0.125. The largest absolute Gasteiger partial charge is 0.497 e. The van der Waals surface area contributed by atoms with E-state index < -0.39 is 5.82 Å². The molecule has 0 spiro atoms. The van der Waals surface area contributed by atoms with Gasteiger partial charge in [-0.1, -0.05) is 23.4 Å². The molecule has 0 aliphatic rings. The lowest BCUT2D eigenvalue weighted by Gasteiger charge is -2.06. The van der Waals surface area contributed by atoms with Crippen molar-refractivity contribution in [2.45, 2.75) is 5.16 Å². The Labute approximate surface area is 146 Å². The Morgan fingerprint density at radius 1 is 1.38 bits per heavy atom. The van der Waals surface area contributed by atoms with Gasteiger partial charge in [-0.3, -0.25) is 4.79 Å². The third kappa shape index (κ3) is 3.80. The van der Waals surface area contributed by atoms with E-state index in [1.807, 2.05) is 18.2 Å². The Bertz CT molecular complexity index is 900. The molecule has 0 saturated carbocycles. The number of carbonyl (C=O) groups excluding carboxylic acids is 1. The van der Waals surface area contributed by atoms with Crippen molar-refractivity contribution in [3.63, 3.8) is 0 Å². The van der Waals surface area contributed by atoms with Crippen LogP contribution in [-0.4, -0.2) is 28.7 Å². The number of nitrogens with one attached hydrogen (secondary N) is 2. The second kappa shape index (κ2) is 7.11. The summed E-state index contributed by atoms with van der Waals surface area (Å²) in [5.74, 6) is 0.160. The fourth-order valence-electron chi connectivity index (χ4n) is 2.07. The first-order chi connectivity index (χ1) is 11.5. The van der Waals surface area contributed by atoms with E-state index in [0.717, 1.165) is 22.8 Å². The number of amides is 1. The molecule has 1 amide bonds. The number of H-pyrrole nitrogens is 1. The highest BCUT2D eigenvalue weighted by Crippen LogP contribution is 2.25. The van der Waals surface area contributed by atoms with E-state index in [0.29, 0.717) is 10.8 Å². The molecule has 0 unspecified atom stereocenters. The van der Waals surface area contributed by atoms with Crippen LogP contribution in [0.4, 0.5) is 10.1 Å². The smallest absolute Gasteiger partial charge is 0.234 e. The topological polar surface area (TPSA) is 67.0 Å². The van der Waals surface area contributed by atoms with Crippen LogP contribution in [0.5, 0.6) is 5.75 Å². The van der Waals surface area contributed by atoms with Crippen LogP contribution in [0.2, 0.25) is 5.02 Å². The van der Waals surface area contributed by atoms with E-state index in [9.17, 15) is 9.18 Å². The molecule has 0 atom stereocenters. The number of carbonyl (C=O) groups is 1. The van der Waals surface area contributed by atoms with Crippen LogP contribution < -0.4 is 10.1 Å². The molecule has 3 aromatic rings. The molecule has 0 saturated heterocycles. The number of rotatable bonds is 5. The van der Waals surface area contributed by atoms with Crippen molar-refractivity contribution in [2.75, 3.05) is 18.2 Å². The van der Waals surface area contributed by atoms with E-state index in [2.05, 4.69) is 15.3 Å². The van der Waals surface area contributed by atoms with Gasteiger partial charge in [-0.05, 0) is 30.3 Å². The first kappa shape index (κ1) is 16.6. The average molecular weight is 366 g/mol. The maximum absolute atomic E-state index is 13.0. The summed E-state index contributed by atoms with van der Waals surface area (Å²) < 4.78 is 18.1. The normalized spacial score (nSPS) is 10.8. The number of imidazole rings is 1. The predicted octanol–water partition coefficient (Wildman–Crippen LogP) is 4.09. The Morgan fingerprint density at radius 2 is 2.21 bits per heavy atom. The molecule has 8 heteroatoms. The van der Waals surface area contributed by atoms with E-state index >= 15 is 0 Å². The molecule has 2 N–H and O–H groups in total. The van der Waals surface area contributed by atoms with Crippen LogP contribution >= 0.6 is 23.4 Å². The SMILES string of the molecule is COc1ccc2nc(SCC(=O)Nc3ccc(F)cc3Cl)[nH]c2c1. The lowest BCUT2D eigenvalue weighted by molar-refractivity contribution is -0.113. The van der Waals surface area contributed by atoms with Gasteiger partial charge in [-0.25, -0.2) is 9.37 Å². The maximum atomic E-state index is 13.0. The van der Waals surface area contributed by atoms with Crippen LogP contribution in [0.15, 0.2) is 41.6 Å². The number of nitrogens with zero attached hydrogens (tertiary/aromatic N) is 1. The Hall–Kier alpha value is -2.25. The summed E-state index contributed by atoms with van der Waals surface area (Å²) >= 11 is 7.14. The zero-order chi connectivity index (χ0) is 17.1. The molecule has 124 valence electrons. The van der Waals surface area contributed by atoms with Gasteiger partial charge in [-0.15, -0.1) is 0 Å². The second-order valence-corrected chi connectivity index (χ2v) is 6.26. The summed E-state index contributed by atoms with van der Waals surface area (Å²) in [5.41, 5.74) is 2.00. The number of benzene rings is 2. The van der Waals surface area contributed by atoms with Gasteiger partial charge in [-0.2, -0.15) is 0 Å². The zero-order valence-electron chi connectivity index (χ0n) is 12.6. The second-order valence-electron chi connectivity index (χ2n) is 4.89.